The molecule has 0 fully saturated rings. The van der Waals surface area contributed by atoms with Crippen LogP contribution in [0, 0.1) is 5.82 Å². The number of carbonyl (C=O) groups is 1. The molecule has 0 aliphatic rings. The van der Waals surface area contributed by atoms with Crippen LogP contribution in [0.15, 0.2) is 18.2 Å². The molecule has 94 valence electrons. The van der Waals surface area contributed by atoms with E-state index in [4.69, 9.17) is 5.11 Å². The van der Waals surface area contributed by atoms with E-state index in [1.807, 2.05) is 0 Å². The predicted molar refractivity (Wildman–Crippen MR) is 52.1 cm³/mol. The molecule has 0 heterocycles. The highest BCUT2D eigenvalue weighted by Crippen LogP contribution is 2.34. The molecule has 0 bridgehead atoms. The highest BCUT2D eigenvalue weighted by atomic mass is 19.4. The number of rotatable bonds is 2. The van der Waals surface area contributed by atoms with Crippen molar-refractivity contribution in [2.24, 2.45) is 0 Å². The van der Waals surface area contributed by atoms with Gasteiger partial charge in [0, 0.05) is 0 Å². The molecule has 0 radical (unpaired) electrons. The normalized spacial score (nSPS) is 12.6. The van der Waals surface area contributed by atoms with Crippen molar-refractivity contribution in [1.82, 2.24) is 0 Å². The Bertz CT molecular complexity index is 449. The lowest BCUT2D eigenvalue weighted by atomic mass is 9.84. The largest absolute Gasteiger partial charge is 0.481 e. The number of hydrogen-bond acceptors (Lipinski definition) is 1. The lowest BCUT2D eigenvalue weighted by Gasteiger charge is -2.21. The van der Waals surface area contributed by atoms with E-state index in [9.17, 15) is 22.4 Å². The van der Waals surface area contributed by atoms with Crippen LogP contribution in [0.2, 0.25) is 0 Å². The SMILES string of the molecule is CC(C)(C(=O)O)c1ccc(F)c(C(F)(F)F)c1. The lowest BCUT2D eigenvalue weighted by molar-refractivity contribution is -0.143. The van der Waals surface area contributed by atoms with Crippen LogP contribution in [0.1, 0.15) is 25.0 Å². The minimum Gasteiger partial charge on any atom is -0.481 e. The quantitative estimate of drug-likeness (QED) is 0.818. The Morgan fingerprint density at radius 2 is 1.76 bits per heavy atom. The van der Waals surface area contributed by atoms with Gasteiger partial charge in [-0.1, -0.05) is 6.07 Å². The zero-order chi connectivity index (χ0) is 13.4. The minimum atomic E-state index is -4.84. The van der Waals surface area contributed by atoms with Crippen LogP contribution in [-0.2, 0) is 16.4 Å². The number of aliphatic carboxylic acids is 1. The number of hydrogen-bond donors (Lipinski definition) is 1. The molecule has 0 aliphatic carbocycles. The maximum atomic E-state index is 13.0. The van der Waals surface area contributed by atoms with E-state index < -0.39 is 28.9 Å². The lowest BCUT2D eigenvalue weighted by Crippen LogP contribution is -2.29. The number of alkyl halides is 3. The van der Waals surface area contributed by atoms with Gasteiger partial charge in [0.1, 0.15) is 5.82 Å². The molecule has 6 heteroatoms. The highest BCUT2D eigenvalue weighted by molar-refractivity contribution is 5.80. The van der Waals surface area contributed by atoms with Crippen LogP contribution in [0.4, 0.5) is 17.6 Å². The Kier molecular flexibility index (Phi) is 3.18. The van der Waals surface area contributed by atoms with Gasteiger partial charge in [-0.2, -0.15) is 13.2 Å². The Hall–Kier alpha value is -1.59. The zero-order valence-corrected chi connectivity index (χ0v) is 9.10. The van der Waals surface area contributed by atoms with Gasteiger partial charge in [0.05, 0.1) is 11.0 Å². The first-order chi connectivity index (χ1) is 7.56. The van der Waals surface area contributed by atoms with Gasteiger partial charge in [-0.3, -0.25) is 4.79 Å². The summed E-state index contributed by atoms with van der Waals surface area (Å²) >= 11 is 0. The molecular weight excluding hydrogens is 240 g/mol. The van der Waals surface area contributed by atoms with Gasteiger partial charge >= 0.3 is 12.1 Å². The highest BCUT2D eigenvalue weighted by Gasteiger charge is 2.37. The Balaban J connectivity index is 3.37. The van der Waals surface area contributed by atoms with Gasteiger partial charge in [0.25, 0.3) is 0 Å². The van der Waals surface area contributed by atoms with E-state index in [1.165, 1.54) is 13.8 Å². The summed E-state index contributed by atoms with van der Waals surface area (Å²) < 4.78 is 50.3. The first-order valence-electron chi connectivity index (χ1n) is 4.67. The second-order valence-electron chi connectivity index (χ2n) is 4.12. The number of carboxylic acid groups (broad SMARTS) is 1. The number of halogens is 4. The summed E-state index contributed by atoms with van der Waals surface area (Å²) in [5.41, 5.74) is -3.06. The molecule has 0 saturated heterocycles. The van der Waals surface area contributed by atoms with Crippen LogP contribution >= 0.6 is 0 Å². The molecule has 0 amide bonds. The van der Waals surface area contributed by atoms with Crippen LogP contribution in [0.5, 0.6) is 0 Å². The third-order valence-corrected chi connectivity index (χ3v) is 2.53. The first kappa shape index (κ1) is 13.5. The molecule has 17 heavy (non-hydrogen) atoms. The average molecular weight is 250 g/mol. The van der Waals surface area contributed by atoms with Crippen molar-refractivity contribution >= 4 is 5.97 Å². The Labute approximate surface area is 94.9 Å². The summed E-state index contributed by atoms with van der Waals surface area (Å²) in [4.78, 5) is 10.9. The van der Waals surface area contributed by atoms with E-state index in [-0.39, 0.29) is 5.56 Å². The average Bonchev–Trinajstić information content (AvgIpc) is 2.15. The summed E-state index contributed by atoms with van der Waals surface area (Å²) in [6.45, 7) is 2.51. The van der Waals surface area contributed by atoms with Gasteiger partial charge in [0.15, 0.2) is 0 Å². The second-order valence-corrected chi connectivity index (χ2v) is 4.12. The van der Waals surface area contributed by atoms with E-state index in [0.717, 1.165) is 6.07 Å². The van der Waals surface area contributed by atoms with Gasteiger partial charge in [-0.15, -0.1) is 0 Å². The van der Waals surface area contributed by atoms with Crippen molar-refractivity contribution in [3.8, 4) is 0 Å². The van der Waals surface area contributed by atoms with Crippen molar-refractivity contribution in [1.29, 1.82) is 0 Å². The molecular formula is C11H10F4O2. The van der Waals surface area contributed by atoms with Crippen LogP contribution in [-0.4, -0.2) is 11.1 Å². The van der Waals surface area contributed by atoms with Gasteiger partial charge in [-0.05, 0) is 31.5 Å². The van der Waals surface area contributed by atoms with Gasteiger partial charge in [0.2, 0.25) is 0 Å². The van der Waals surface area contributed by atoms with Crippen molar-refractivity contribution in [2.45, 2.75) is 25.4 Å². The second kappa shape index (κ2) is 4.01. The fraction of sp³-hybridized carbons (Fsp3) is 0.364. The molecule has 0 atom stereocenters. The smallest absolute Gasteiger partial charge is 0.419 e. The number of carboxylic acids is 1. The first-order valence-corrected chi connectivity index (χ1v) is 4.67. The zero-order valence-electron chi connectivity index (χ0n) is 9.10. The molecule has 1 N–H and O–H groups in total. The summed E-state index contributed by atoms with van der Waals surface area (Å²) in [7, 11) is 0. The van der Waals surface area contributed by atoms with Crippen LogP contribution in [0.3, 0.4) is 0 Å². The topological polar surface area (TPSA) is 37.3 Å². The van der Waals surface area contributed by atoms with Crippen molar-refractivity contribution in [3.05, 3.63) is 35.1 Å². The third kappa shape index (κ3) is 2.57. The Morgan fingerprint density at radius 3 is 2.18 bits per heavy atom. The van der Waals surface area contributed by atoms with E-state index in [0.29, 0.717) is 12.1 Å². The summed E-state index contributed by atoms with van der Waals surface area (Å²) in [5.74, 6) is -2.69. The van der Waals surface area contributed by atoms with Crippen molar-refractivity contribution < 1.29 is 27.5 Å². The standard InChI is InChI=1S/C11H10F4O2/c1-10(2,9(16)17)6-3-4-8(12)7(5-6)11(13,14)15/h3-5H,1-2H3,(H,16,17). The van der Waals surface area contributed by atoms with E-state index in [1.54, 1.807) is 0 Å². The van der Waals surface area contributed by atoms with Crippen molar-refractivity contribution in [2.75, 3.05) is 0 Å². The Morgan fingerprint density at radius 1 is 1.24 bits per heavy atom. The molecule has 1 aromatic carbocycles. The van der Waals surface area contributed by atoms with Gasteiger partial charge < -0.3 is 5.11 Å². The molecule has 2 nitrogen and oxygen atoms in total. The maximum absolute atomic E-state index is 13.0. The third-order valence-electron chi connectivity index (χ3n) is 2.53. The number of benzene rings is 1. The van der Waals surface area contributed by atoms with Gasteiger partial charge in [-0.25, -0.2) is 4.39 Å². The molecule has 1 rings (SSSR count). The monoisotopic (exact) mass is 250 g/mol. The fourth-order valence-electron chi connectivity index (χ4n) is 1.25. The van der Waals surface area contributed by atoms with Crippen molar-refractivity contribution in [3.63, 3.8) is 0 Å². The van der Waals surface area contributed by atoms with Crippen LogP contribution < -0.4 is 0 Å². The molecule has 0 aliphatic heterocycles. The van der Waals surface area contributed by atoms with Crippen LogP contribution in [0.25, 0.3) is 0 Å². The maximum Gasteiger partial charge on any atom is 0.419 e. The summed E-state index contributed by atoms with van der Waals surface area (Å²) in [6, 6.07) is 2.20. The van der Waals surface area contributed by atoms with E-state index >= 15 is 0 Å². The minimum absolute atomic E-state index is 0.0984. The molecule has 0 aromatic heterocycles. The summed E-state index contributed by atoms with van der Waals surface area (Å²) in [6.07, 6.45) is -4.84. The predicted octanol–water partition coefficient (Wildman–Crippen LogP) is 3.21. The van der Waals surface area contributed by atoms with E-state index in [2.05, 4.69) is 0 Å². The fourth-order valence-corrected chi connectivity index (χ4v) is 1.25. The summed E-state index contributed by atoms with van der Waals surface area (Å²) in [5, 5.41) is 8.88. The molecule has 0 unspecified atom stereocenters. The molecule has 0 spiro atoms. The molecule has 1 aromatic rings. The molecule has 0 saturated carbocycles.